The van der Waals surface area contributed by atoms with E-state index in [4.69, 9.17) is 16.3 Å². The molecule has 0 saturated carbocycles. The summed E-state index contributed by atoms with van der Waals surface area (Å²) in [5, 5.41) is 3.42. The number of aryl methyl sites for hydroxylation is 1. The van der Waals surface area contributed by atoms with Crippen LogP contribution in [-0.4, -0.2) is 5.91 Å². The number of hydrogen-bond donors (Lipinski definition) is 1. The van der Waals surface area contributed by atoms with E-state index in [1.54, 1.807) is 18.2 Å². The summed E-state index contributed by atoms with van der Waals surface area (Å²) in [5.41, 5.74) is 3.69. The third-order valence-electron chi connectivity index (χ3n) is 4.00. The van der Waals surface area contributed by atoms with Gasteiger partial charge in [0, 0.05) is 11.6 Å². The maximum absolute atomic E-state index is 12.6. The summed E-state index contributed by atoms with van der Waals surface area (Å²) in [6.07, 6.45) is 0. The average Bonchev–Trinajstić information content (AvgIpc) is 2.67. The molecule has 0 heterocycles. The normalized spacial score (nSPS) is 10.4. The number of carbonyl (C=O) groups is 1. The van der Waals surface area contributed by atoms with Gasteiger partial charge in [-0.05, 0) is 36.2 Å². The van der Waals surface area contributed by atoms with Crippen LogP contribution in [0.3, 0.4) is 0 Å². The molecule has 0 fully saturated rings. The molecule has 26 heavy (non-hydrogen) atoms. The number of amides is 1. The Morgan fingerprint density at radius 3 is 2.42 bits per heavy atom. The van der Waals surface area contributed by atoms with E-state index in [0.29, 0.717) is 29.5 Å². The van der Waals surface area contributed by atoms with Crippen molar-refractivity contribution in [1.82, 2.24) is 5.32 Å². The molecule has 0 radical (unpaired) electrons. The SMILES string of the molecule is Cc1ccc(CNC(=O)c2cc(Cl)ccc2OCc2ccccc2)cc1. The summed E-state index contributed by atoms with van der Waals surface area (Å²) in [5.74, 6) is 0.302. The lowest BCUT2D eigenvalue weighted by atomic mass is 10.1. The van der Waals surface area contributed by atoms with Crippen LogP contribution in [-0.2, 0) is 13.2 Å². The topological polar surface area (TPSA) is 38.3 Å². The van der Waals surface area contributed by atoms with Gasteiger partial charge in [-0.1, -0.05) is 71.8 Å². The van der Waals surface area contributed by atoms with Gasteiger partial charge in [-0.2, -0.15) is 0 Å². The zero-order valence-electron chi connectivity index (χ0n) is 14.5. The van der Waals surface area contributed by atoms with Crippen molar-refractivity contribution in [2.24, 2.45) is 0 Å². The second-order valence-electron chi connectivity index (χ2n) is 6.08. The molecule has 0 saturated heterocycles. The van der Waals surface area contributed by atoms with Crippen molar-refractivity contribution in [2.45, 2.75) is 20.1 Å². The van der Waals surface area contributed by atoms with Crippen molar-refractivity contribution in [2.75, 3.05) is 0 Å². The highest BCUT2D eigenvalue weighted by atomic mass is 35.5. The maximum Gasteiger partial charge on any atom is 0.255 e. The van der Waals surface area contributed by atoms with Gasteiger partial charge < -0.3 is 10.1 Å². The van der Waals surface area contributed by atoms with Crippen LogP contribution < -0.4 is 10.1 Å². The first kappa shape index (κ1) is 18.0. The van der Waals surface area contributed by atoms with Gasteiger partial charge in [-0.3, -0.25) is 4.79 Å². The van der Waals surface area contributed by atoms with E-state index in [2.05, 4.69) is 5.32 Å². The first-order valence-corrected chi connectivity index (χ1v) is 8.79. The summed E-state index contributed by atoms with van der Waals surface area (Å²) in [6, 6.07) is 22.9. The van der Waals surface area contributed by atoms with Crippen LogP contribution in [0.15, 0.2) is 72.8 Å². The smallest absolute Gasteiger partial charge is 0.255 e. The Morgan fingerprint density at radius 1 is 0.962 bits per heavy atom. The van der Waals surface area contributed by atoms with Crippen LogP contribution in [0, 0.1) is 6.92 Å². The molecule has 0 atom stereocenters. The van der Waals surface area contributed by atoms with Crippen molar-refractivity contribution < 1.29 is 9.53 Å². The van der Waals surface area contributed by atoms with Gasteiger partial charge in [0.15, 0.2) is 0 Å². The minimum atomic E-state index is -0.212. The molecule has 132 valence electrons. The molecule has 3 rings (SSSR count). The van der Waals surface area contributed by atoms with Crippen molar-refractivity contribution >= 4 is 17.5 Å². The first-order valence-electron chi connectivity index (χ1n) is 8.42. The third-order valence-corrected chi connectivity index (χ3v) is 4.23. The molecule has 1 N–H and O–H groups in total. The molecule has 0 bridgehead atoms. The molecule has 4 heteroatoms. The predicted molar refractivity (Wildman–Crippen MR) is 105 cm³/mol. The van der Waals surface area contributed by atoms with Gasteiger partial charge in [-0.25, -0.2) is 0 Å². The Bertz CT molecular complexity index is 876. The number of halogens is 1. The van der Waals surface area contributed by atoms with E-state index in [9.17, 15) is 4.79 Å². The second kappa shape index (κ2) is 8.54. The van der Waals surface area contributed by atoms with Crippen molar-refractivity contribution in [3.05, 3.63) is 100 Å². The van der Waals surface area contributed by atoms with Gasteiger partial charge >= 0.3 is 0 Å². The van der Waals surface area contributed by atoms with Gasteiger partial charge in [0.2, 0.25) is 0 Å². The molecule has 1 amide bonds. The number of carbonyl (C=O) groups excluding carboxylic acids is 1. The summed E-state index contributed by atoms with van der Waals surface area (Å²) in [6.45, 7) is 2.87. The summed E-state index contributed by atoms with van der Waals surface area (Å²) >= 11 is 6.08. The van der Waals surface area contributed by atoms with Crippen LogP contribution in [0.1, 0.15) is 27.0 Å². The van der Waals surface area contributed by atoms with E-state index in [1.807, 2.05) is 61.5 Å². The number of ether oxygens (including phenoxy) is 1. The lowest BCUT2D eigenvalue weighted by Crippen LogP contribution is -2.23. The molecule has 0 aliphatic heterocycles. The van der Waals surface area contributed by atoms with Crippen molar-refractivity contribution in [3.8, 4) is 5.75 Å². The highest BCUT2D eigenvalue weighted by Gasteiger charge is 2.13. The van der Waals surface area contributed by atoms with Crippen LogP contribution in [0.4, 0.5) is 0 Å². The van der Waals surface area contributed by atoms with Gasteiger partial charge in [0.25, 0.3) is 5.91 Å². The minimum absolute atomic E-state index is 0.212. The quantitative estimate of drug-likeness (QED) is 0.655. The van der Waals surface area contributed by atoms with E-state index in [1.165, 1.54) is 5.56 Å². The molecule has 3 aromatic rings. The van der Waals surface area contributed by atoms with E-state index >= 15 is 0 Å². The Hall–Kier alpha value is -2.78. The fourth-order valence-corrected chi connectivity index (χ4v) is 2.70. The molecular weight excluding hydrogens is 346 g/mol. The van der Waals surface area contributed by atoms with Crippen LogP contribution in [0.5, 0.6) is 5.75 Å². The highest BCUT2D eigenvalue weighted by Crippen LogP contribution is 2.24. The van der Waals surface area contributed by atoms with Gasteiger partial charge in [0.1, 0.15) is 12.4 Å². The highest BCUT2D eigenvalue weighted by molar-refractivity contribution is 6.31. The molecule has 0 aliphatic carbocycles. The zero-order valence-corrected chi connectivity index (χ0v) is 15.3. The van der Waals surface area contributed by atoms with Crippen molar-refractivity contribution in [1.29, 1.82) is 0 Å². The monoisotopic (exact) mass is 365 g/mol. The van der Waals surface area contributed by atoms with Gasteiger partial charge in [-0.15, -0.1) is 0 Å². The predicted octanol–water partition coefficient (Wildman–Crippen LogP) is 5.16. The number of hydrogen-bond acceptors (Lipinski definition) is 2. The molecule has 0 spiro atoms. The molecule has 3 nitrogen and oxygen atoms in total. The molecule has 0 aliphatic rings. The summed E-state index contributed by atoms with van der Waals surface area (Å²) < 4.78 is 5.85. The summed E-state index contributed by atoms with van der Waals surface area (Å²) in [7, 11) is 0. The Labute approximate surface area is 158 Å². The summed E-state index contributed by atoms with van der Waals surface area (Å²) in [4.78, 5) is 12.6. The van der Waals surface area contributed by atoms with Crippen LogP contribution in [0.2, 0.25) is 5.02 Å². The van der Waals surface area contributed by atoms with Crippen LogP contribution in [0.25, 0.3) is 0 Å². The largest absolute Gasteiger partial charge is 0.488 e. The Kier molecular flexibility index (Phi) is 5.92. The number of rotatable bonds is 6. The zero-order chi connectivity index (χ0) is 18.4. The van der Waals surface area contributed by atoms with Crippen LogP contribution >= 0.6 is 11.6 Å². The van der Waals surface area contributed by atoms with E-state index in [-0.39, 0.29) is 5.91 Å². The third kappa shape index (κ3) is 4.87. The molecular formula is C22H20ClNO2. The Morgan fingerprint density at radius 2 is 1.69 bits per heavy atom. The molecule has 3 aromatic carbocycles. The standard InChI is InChI=1S/C22H20ClNO2/c1-16-7-9-17(10-8-16)14-24-22(25)20-13-19(23)11-12-21(20)26-15-18-5-3-2-4-6-18/h2-13H,14-15H2,1H3,(H,24,25). The first-order chi connectivity index (χ1) is 12.6. The fraction of sp³-hybridized carbons (Fsp3) is 0.136. The molecule has 0 aromatic heterocycles. The molecule has 0 unspecified atom stereocenters. The second-order valence-corrected chi connectivity index (χ2v) is 6.52. The van der Waals surface area contributed by atoms with Crippen molar-refractivity contribution in [3.63, 3.8) is 0 Å². The lowest BCUT2D eigenvalue weighted by Gasteiger charge is -2.12. The lowest BCUT2D eigenvalue weighted by molar-refractivity contribution is 0.0946. The van der Waals surface area contributed by atoms with E-state index in [0.717, 1.165) is 11.1 Å². The maximum atomic E-state index is 12.6. The average molecular weight is 366 g/mol. The number of benzene rings is 3. The van der Waals surface area contributed by atoms with E-state index < -0.39 is 0 Å². The minimum Gasteiger partial charge on any atom is -0.488 e. The fourth-order valence-electron chi connectivity index (χ4n) is 2.52. The number of nitrogens with one attached hydrogen (secondary N) is 1. The van der Waals surface area contributed by atoms with Gasteiger partial charge in [0.05, 0.1) is 5.56 Å². The Balaban J connectivity index is 1.70.